The largest absolute Gasteiger partial charge is 0.494 e. The van der Waals surface area contributed by atoms with Crippen LogP contribution >= 0.6 is 0 Å². The Hall–Kier alpha value is -3.32. The van der Waals surface area contributed by atoms with Gasteiger partial charge in [-0.05, 0) is 80.6 Å². The highest BCUT2D eigenvalue weighted by Crippen LogP contribution is 2.22. The zero-order valence-electron chi connectivity index (χ0n) is 19.2. The van der Waals surface area contributed by atoms with Crippen molar-refractivity contribution in [2.45, 2.75) is 38.5 Å². The van der Waals surface area contributed by atoms with Gasteiger partial charge in [0, 0.05) is 17.8 Å². The van der Waals surface area contributed by atoms with Gasteiger partial charge in [-0.1, -0.05) is 36.4 Å². The number of rotatable bonds is 10. The van der Waals surface area contributed by atoms with Crippen LogP contribution in [-0.4, -0.2) is 27.5 Å². The van der Waals surface area contributed by atoms with E-state index in [0.29, 0.717) is 30.0 Å². The molecule has 0 aromatic heterocycles. The number of anilines is 1. The summed E-state index contributed by atoms with van der Waals surface area (Å²) in [5.41, 5.74) is 3.40. The molecule has 3 aromatic rings. The first-order chi connectivity index (χ1) is 15.8. The highest BCUT2D eigenvalue weighted by Gasteiger charge is 2.19. The van der Waals surface area contributed by atoms with Crippen molar-refractivity contribution in [1.82, 2.24) is 5.32 Å². The molecule has 0 bridgehead atoms. The molecule has 1 amide bonds. The van der Waals surface area contributed by atoms with Crippen LogP contribution in [0.25, 0.3) is 0 Å². The van der Waals surface area contributed by atoms with Crippen molar-refractivity contribution in [2.24, 2.45) is 0 Å². The molecule has 0 fully saturated rings. The second-order valence-corrected chi connectivity index (χ2v) is 9.51. The number of aryl methyl sites for hydroxylation is 3. The van der Waals surface area contributed by atoms with Gasteiger partial charge in [0.2, 0.25) is 0 Å². The number of benzene rings is 3. The molecule has 0 heterocycles. The molecular weight excluding hydrogens is 436 g/mol. The summed E-state index contributed by atoms with van der Waals surface area (Å²) in [6.45, 7) is 6.62. The molecule has 2 N–H and O–H groups in total. The minimum Gasteiger partial charge on any atom is -0.494 e. The average Bonchev–Trinajstić information content (AvgIpc) is 2.77. The summed E-state index contributed by atoms with van der Waals surface area (Å²) >= 11 is 0. The topological polar surface area (TPSA) is 84.5 Å². The Morgan fingerprint density at radius 3 is 2.52 bits per heavy atom. The van der Waals surface area contributed by atoms with E-state index in [1.165, 1.54) is 6.07 Å². The number of hydrogen-bond acceptors (Lipinski definition) is 4. The van der Waals surface area contributed by atoms with Crippen molar-refractivity contribution < 1.29 is 17.9 Å². The summed E-state index contributed by atoms with van der Waals surface area (Å²) in [6.07, 6.45) is 1.51. The SMILES string of the molecule is CCOc1ccccc1CCCNC(=O)c1ccc(C)c(S(=O)(=O)Nc2cccc(C)c2)c1. The number of carbonyl (C=O) groups excluding carboxylic acids is 1. The number of para-hydroxylation sites is 1. The molecule has 6 nitrogen and oxygen atoms in total. The molecule has 0 saturated heterocycles. The van der Waals surface area contributed by atoms with Gasteiger partial charge in [0.1, 0.15) is 5.75 Å². The van der Waals surface area contributed by atoms with Crippen LogP contribution in [0.3, 0.4) is 0 Å². The van der Waals surface area contributed by atoms with Crippen molar-refractivity contribution in [1.29, 1.82) is 0 Å². The Balaban J connectivity index is 1.64. The van der Waals surface area contributed by atoms with Crippen molar-refractivity contribution in [3.05, 3.63) is 89.0 Å². The first-order valence-corrected chi connectivity index (χ1v) is 12.5. The fourth-order valence-corrected chi connectivity index (χ4v) is 4.86. The van der Waals surface area contributed by atoms with E-state index in [9.17, 15) is 13.2 Å². The van der Waals surface area contributed by atoms with Crippen LogP contribution in [0.5, 0.6) is 5.75 Å². The Morgan fingerprint density at radius 1 is 0.970 bits per heavy atom. The summed E-state index contributed by atoms with van der Waals surface area (Å²) in [5.74, 6) is 0.556. The second-order valence-electron chi connectivity index (χ2n) is 7.86. The van der Waals surface area contributed by atoms with Crippen LogP contribution in [0.2, 0.25) is 0 Å². The van der Waals surface area contributed by atoms with Crippen LogP contribution < -0.4 is 14.8 Å². The van der Waals surface area contributed by atoms with Crippen molar-refractivity contribution in [3.63, 3.8) is 0 Å². The van der Waals surface area contributed by atoms with Crippen molar-refractivity contribution >= 4 is 21.6 Å². The zero-order valence-corrected chi connectivity index (χ0v) is 20.0. The molecule has 3 aromatic carbocycles. The standard InChI is InChI=1S/C26H30N2O4S/c1-4-32-24-13-6-5-10-21(24)11-8-16-27-26(29)22-15-14-20(3)25(18-22)33(30,31)28-23-12-7-9-19(2)17-23/h5-7,9-10,12-15,17-18,28H,4,8,11,16H2,1-3H3,(H,27,29). The average molecular weight is 467 g/mol. The summed E-state index contributed by atoms with van der Waals surface area (Å²) in [4.78, 5) is 12.8. The molecule has 0 aliphatic rings. The second kappa shape index (κ2) is 11.0. The molecule has 0 atom stereocenters. The normalized spacial score (nSPS) is 11.1. The van der Waals surface area contributed by atoms with E-state index < -0.39 is 10.0 Å². The lowest BCUT2D eigenvalue weighted by molar-refractivity contribution is 0.0953. The minimum atomic E-state index is -3.83. The van der Waals surface area contributed by atoms with Gasteiger partial charge in [0.15, 0.2) is 0 Å². The van der Waals surface area contributed by atoms with Gasteiger partial charge < -0.3 is 10.1 Å². The lowest BCUT2D eigenvalue weighted by Gasteiger charge is -2.13. The fourth-order valence-electron chi connectivity index (χ4n) is 3.54. The van der Waals surface area contributed by atoms with Gasteiger partial charge in [-0.15, -0.1) is 0 Å². The monoisotopic (exact) mass is 466 g/mol. The Bertz CT molecular complexity index is 1220. The molecule has 0 radical (unpaired) electrons. The third kappa shape index (κ3) is 6.58. The maximum Gasteiger partial charge on any atom is 0.262 e. The first-order valence-electron chi connectivity index (χ1n) is 11.0. The summed E-state index contributed by atoms with van der Waals surface area (Å²) in [6, 6.07) is 19.7. The molecule has 0 unspecified atom stereocenters. The van der Waals surface area contributed by atoms with Gasteiger partial charge in [0.05, 0.1) is 11.5 Å². The minimum absolute atomic E-state index is 0.0855. The highest BCUT2D eigenvalue weighted by molar-refractivity contribution is 7.92. The zero-order chi connectivity index (χ0) is 23.8. The molecule has 33 heavy (non-hydrogen) atoms. The third-order valence-electron chi connectivity index (χ3n) is 5.19. The van der Waals surface area contributed by atoms with E-state index >= 15 is 0 Å². The molecular formula is C26H30N2O4S. The van der Waals surface area contributed by atoms with E-state index in [0.717, 1.165) is 29.7 Å². The molecule has 0 aliphatic heterocycles. The van der Waals surface area contributed by atoms with E-state index in [1.54, 1.807) is 37.3 Å². The number of carbonyl (C=O) groups is 1. The fraction of sp³-hybridized carbons (Fsp3) is 0.269. The van der Waals surface area contributed by atoms with Gasteiger partial charge in [-0.3, -0.25) is 9.52 Å². The van der Waals surface area contributed by atoms with E-state index in [1.807, 2.05) is 44.2 Å². The van der Waals surface area contributed by atoms with Crippen molar-refractivity contribution in [2.75, 3.05) is 17.9 Å². The predicted octanol–water partition coefficient (Wildman–Crippen LogP) is 4.87. The Kier molecular flexibility index (Phi) is 8.11. The number of sulfonamides is 1. The summed E-state index contributed by atoms with van der Waals surface area (Å²) < 4.78 is 34.1. The summed E-state index contributed by atoms with van der Waals surface area (Å²) in [7, 11) is -3.83. The smallest absolute Gasteiger partial charge is 0.262 e. The van der Waals surface area contributed by atoms with E-state index in [2.05, 4.69) is 10.0 Å². The Morgan fingerprint density at radius 2 is 1.76 bits per heavy atom. The van der Waals surface area contributed by atoms with Gasteiger partial charge in [0.25, 0.3) is 15.9 Å². The number of ether oxygens (including phenoxy) is 1. The lowest BCUT2D eigenvalue weighted by atomic mass is 10.1. The van der Waals surface area contributed by atoms with Crippen LogP contribution in [-0.2, 0) is 16.4 Å². The quantitative estimate of drug-likeness (QED) is 0.418. The third-order valence-corrected chi connectivity index (χ3v) is 6.71. The highest BCUT2D eigenvalue weighted by atomic mass is 32.2. The molecule has 0 aliphatic carbocycles. The van der Waals surface area contributed by atoms with Gasteiger partial charge in [-0.25, -0.2) is 8.42 Å². The number of amides is 1. The van der Waals surface area contributed by atoms with Crippen LogP contribution in [0.1, 0.15) is 40.4 Å². The van der Waals surface area contributed by atoms with E-state index in [4.69, 9.17) is 4.74 Å². The molecule has 174 valence electrons. The van der Waals surface area contributed by atoms with Crippen molar-refractivity contribution in [3.8, 4) is 5.75 Å². The van der Waals surface area contributed by atoms with Crippen LogP contribution in [0.15, 0.2) is 71.6 Å². The van der Waals surface area contributed by atoms with Crippen LogP contribution in [0.4, 0.5) is 5.69 Å². The van der Waals surface area contributed by atoms with E-state index in [-0.39, 0.29) is 10.8 Å². The summed E-state index contributed by atoms with van der Waals surface area (Å²) in [5, 5.41) is 2.88. The molecule has 7 heteroatoms. The maximum atomic E-state index is 13.0. The van der Waals surface area contributed by atoms with Crippen LogP contribution in [0, 0.1) is 13.8 Å². The number of nitrogens with one attached hydrogen (secondary N) is 2. The maximum absolute atomic E-state index is 13.0. The lowest BCUT2D eigenvalue weighted by Crippen LogP contribution is -2.25. The Labute approximate surface area is 196 Å². The molecule has 0 saturated carbocycles. The molecule has 3 rings (SSSR count). The predicted molar refractivity (Wildman–Crippen MR) is 131 cm³/mol. The van der Waals surface area contributed by atoms with Gasteiger partial charge in [-0.2, -0.15) is 0 Å². The molecule has 0 spiro atoms. The number of hydrogen-bond donors (Lipinski definition) is 2. The van der Waals surface area contributed by atoms with Gasteiger partial charge >= 0.3 is 0 Å². The first kappa shape index (κ1) is 24.3.